The molecule has 1 aromatic heterocycles. The van der Waals surface area contributed by atoms with Crippen LogP contribution in [0.25, 0.3) is 0 Å². The van der Waals surface area contributed by atoms with E-state index < -0.39 is 0 Å². The van der Waals surface area contributed by atoms with Crippen molar-refractivity contribution in [3.63, 3.8) is 0 Å². The van der Waals surface area contributed by atoms with Crippen molar-refractivity contribution in [2.75, 3.05) is 13.7 Å². The Morgan fingerprint density at radius 2 is 2.46 bits per heavy atom. The summed E-state index contributed by atoms with van der Waals surface area (Å²) in [4.78, 5) is 4.06. The Labute approximate surface area is 83.7 Å². The van der Waals surface area contributed by atoms with Gasteiger partial charge in [-0.1, -0.05) is 0 Å². The van der Waals surface area contributed by atoms with Crippen LogP contribution < -0.4 is 0 Å². The summed E-state index contributed by atoms with van der Waals surface area (Å²) in [7, 11) is 1.71. The van der Waals surface area contributed by atoms with Gasteiger partial charge in [0, 0.05) is 26.0 Å². The Morgan fingerprint density at radius 1 is 1.69 bits per heavy atom. The maximum Gasteiger partial charge on any atom is 0.0951 e. The fourth-order valence-corrected chi connectivity index (χ4v) is 1.47. The fraction of sp³-hybridized carbons (Fsp3) is 0.667. The number of ether oxygens (including phenoxy) is 1. The van der Waals surface area contributed by atoms with Crippen LogP contribution in [0.4, 0.5) is 0 Å². The van der Waals surface area contributed by atoms with E-state index in [1.807, 2.05) is 6.33 Å². The summed E-state index contributed by atoms with van der Waals surface area (Å²) in [6, 6.07) is 0.399. The third-order valence-electron chi connectivity index (χ3n) is 2.10. The van der Waals surface area contributed by atoms with Crippen LogP contribution in [0, 0.1) is 0 Å². The number of hydrogen-bond acceptors (Lipinski definition) is 2. The average Bonchev–Trinajstić information content (AvgIpc) is 2.61. The van der Waals surface area contributed by atoms with Crippen LogP contribution in [0.15, 0.2) is 12.5 Å². The number of alkyl halides is 1. The van der Waals surface area contributed by atoms with Crippen LogP contribution in [0.3, 0.4) is 0 Å². The molecule has 1 unspecified atom stereocenters. The average molecular weight is 203 g/mol. The van der Waals surface area contributed by atoms with E-state index in [0.29, 0.717) is 11.9 Å². The summed E-state index contributed by atoms with van der Waals surface area (Å²) in [6.07, 6.45) is 4.60. The molecule has 0 saturated carbocycles. The van der Waals surface area contributed by atoms with Crippen molar-refractivity contribution in [2.45, 2.75) is 25.3 Å². The first kappa shape index (κ1) is 10.5. The van der Waals surface area contributed by atoms with Gasteiger partial charge in [-0.05, 0) is 13.3 Å². The van der Waals surface area contributed by atoms with Crippen molar-refractivity contribution in [3.05, 3.63) is 18.2 Å². The first-order chi connectivity index (χ1) is 6.29. The maximum atomic E-state index is 5.76. The second-order valence-corrected chi connectivity index (χ2v) is 3.32. The van der Waals surface area contributed by atoms with E-state index in [2.05, 4.69) is 16.5 Å². The molecule has 0 aliphatic rings. The van der Waals surface area contributed by atoms with Crippen molar-refractivity contribution < 1.29 is 4.74 Å². The zero-order valence-electron chi connectivity index (χ0n) is 8.03. The summed E-state index contributed by atoms with van der Waals surface area (Å²) in [5.74, 6) is 0.511. The lowest BCUT2D eigenvalue weighted by Gasteiger charge is -2.14. The summed E-state index contributed by atoms with van der Waals surface area (Å²) in [5, 5.41) is 0. The highest BCUT2D eigenvalue weighted by atomic mass is 35.5. The number of hydrogen-bond donors (Lipinski definition) is 0. The third-order valence-corrected chi connectivity index (χ3v) is 2.37. The van der Waals surface area contributed by atoms with E-state index in [-0.39, 0.29) is 0 Å². The number of methoxy groups -OCH3 is 1. The van der Waals surface area contributed by atoms with Gasteiger partial charge in [0.1, 0.15) is 0 Å². The van der Waals surface area contributed by atoms with Gasteiger partial charge >= 0.3 is 0 Å². The molecule has 1 rings (SSSR count). The number of aromatic nitrogens is 2. The molecular weight excluding hydrogens is 188 g/mol. The monoisotopic (exact) mass is 202 g/mol. The molecule has 0 N–H and O–H groups in total. The molecule has 0 aliphatic carbocycles. The van der Waals surface area contributed by atoms with Gasteiger partial charge in [-0.15, -0.1) is 11.6 Å². The van der Waals surface area contributed by atoms with Crippen molar-refractivity contribution >= 4 is 11.6 Å². The molecule has 0 aliphatic heterocycles. The normalized spacial score (nSPS) is 13.2. The number of rotatable bonds is 5. The van der Waals surface area contributed by atoms with Gasteiger partial charge in [0.25, 0.3) is 0 Å². The van der Waals surface area contributed by atoms with E-state index in [9.17, 15) is 0 Å². The van der Waals surface area contributed by atoms with Gasteiger partial charge in [-0.25, -0.2) is 4.98 Å². The molecule has 1 aromatic rings. The number of imidazole rings is 1. The fourth-order valence-electron chi connectivity index (χ4n) is 1.26. The minimum Gasteiger partial charge on any atom is -0.385 e. The second-order valence-electron chi connectivity index (χ2n) is 3.06. The van der Waals surface area contributed by atoms with Crippen molar-refractivity contribution in [1.82, 2.24) is 9.55 Å². The molecular formula is C9H15ClN2O. The molecule has 0 radical (unpaired) electrons. The smallest absolute Gasteiger partial charge is 0.0951 e. The van der Waals surface area contributed by atoms with Gasteiger partial charge in [0.2, 0.25) is 0 Å². The van der Waals surface area contributed by atoms with E-state index in [1.54, 1.807) is 13.3 Å². The van der Waals surface area contributed by atoms with Gasteiger partial charge in [-0.3, -0.25) is 0 Å². The van der Waals surface area contributed by atoms with Crippen molar-refractivity contribution in [1.29, 1.82) is 0 Å². The zero-order valence-corrected chi connectivity index (χ0v) is 8.79. The summed E-state index contributed by atoms with van der Waals surface area (Å²) < 4.78 is 7.11. The highest BCUT2D eigenvalue weighted by Crippen LogP contribution is 2.14. The summed E-state index contributed by atoms with van der Waals surface area (Å²) >= 11 is 5.76. The highest BCUT2D eigenvalue weighted by Gasteiger charge is 2.07. The van der Waals surface area contributed by atoms with Crippen LogP contribution in [-0.2, 0) is 10.6 Å². The van der Waals surface area contributed by atoms with Crippen molar-refractivity contribution in [2.24, 2.45) is 0 Å². The standard InChI is InChI=1S/C9H15ClN2O/c1-8(3-4-13-2)12-7-11-6-9(12)5-10/h6-8H,3-5H2,1-2H3. The van der Waals surface area contributed by atoms with E-state index in [4.69, 9.17) is 16.3 Å². The predicted molar refractivity (Wildman–Crippen MR) is 53.0 cm³/mol. The molecule has 0 bridgehead atoms. The third kappa shape index (κ3) is 2.71. The summed E-state index contributed by atoms with van der Waals surface area (Å²) in [6.45, 7) is 2.90. The van der Waals surface area contributed by atoms with E-state index >= 15 is 0 Å². The minimum atomic E-state index is 0.399. The molecule has 0 saturated heterocycles. The van der Waals surface area contributed by atoms with Crippen LogP contribution in [-0.4, -0.2) is 23.3 Å². The van der Waals surface area contributed by atoms with Crippen LogP contribution in [0.1, 0.15) is 25.1 Å². The van der Waals surface area contributed by atoms with Gasteiger partial charge in [0.15, 0.2) is 0 Å². The lowest BCUT2D eigenvalue weighted by Crippen LogP contribution is -2.09. The van der Waals surface area contributed by atoms with E-state index in [1.165, 1.54) is 0 Å². The van der Waals surface area contributed by atoms with Gasteiger partial charge in [-0.2, -0.15) is 0 Å². The Morgan fingerprint density at radius 3 is 3.08 bits per heavy atom. The maximum absolute atomic E-state index is 5.76. The molecule has 74 valence electrons. The Kier molecular flexibility index (Phi) is 4.25. The zero-order chi connectivity index (χ0) is 9.68. The number of halogens is 1. The highest BCUT2D eigenvalue weighted by molar-refractivity contribution is 6.16. The molecule has 0 spiro atoms. The Hall–Kier alpha value is -0.540. The molecule has 0 aromatic carbocycles. The first-order valence-electron chi connectivity index (χ1n) is 4.35. The molecule has 0 fully saturated rings. The Balaban J connectivity index is 2.59. The largest absolute Gasteiger partial charge is 0.385 e. The minimum absolute atomic E-state index is 0.399. The molecule has 4 heteroatoms. The van der Waals surface area contributed by atoms with Gasteiger partial charge in [0.05, 0.1) is 17.9 Å². The second kappa shape index (κ2) is 5.25. The molecule has 0 amide bonds. The topological polar surface area (TPSA) is 27.1 Å². The van der Waals surface area contributed by atoms with Crippen LogP contribution in [0.2, 0.25) is 0 Å². The molecule has 13 heavy (non-hydrogen) atoms. The summed E-state index contributed by atoms with van der Waals surface area (Å²) in [5.41, 5.74) is 1.06. The number of nitrogens with zero attached hydrogens (tertiary/aromatic N) is 2. The quantitative estimate of drug-likeness (QED) is 0.685. The predicted octanol–water partition coefficient (Wildman–Crippen LogP) is 2.22. The molecule has 1 atom stereocenters. The molecule has 3 nitrogen and oxygen atoms in total. The Bertz CT molecular complexity index is 250. The van der Waals surface area contributed by atoms with Crippen LogP contribution in [0.5, 0.6) is 0 Å². The lowest BCUT2D eigenvalue weighted by molar-refractivity contribution is 0.180. The van der Waals surface area contributed by atoms with Crippen molar-refractivity contribution in [3.8, 4) is 0 Å². The first-order valence-corrected chi connectivity index (χ1v) is 4.88. The SMILES string of the molecule is COCCC(C)n1cncc1CCl. The molecule has 1 heterocycles. The lowest BCUT2D eigenvalue weighted by atomic mass is 10.2. The van der Waals surface area contributed by atoms with E-state index in [0.717, 1.165) is 18.7 Å². The van der Waals surface area contributed by atoms with Crippen LogP contribution >= 0.6 is 11.6 Å². The van der Waals surface area contributed by atoms with Gasteiger partial charge < -0.3 is 9.30 Å².